The van der Waals surface area contributed by atoms with Crippen molar-refractivity contribution in [2.45, 2.75) is 26.2 Å². The largest absolute Gasteiger partial charge is 0.484 e. The summed E-state index contributed by atoms with van der Waals surface area (Å²) in [7, 11) is 0. The molecule has 1 aromatic carbocycles. The van der Waals surface area contributed by atoms with Gasteiger partial charge in [0.05, 0.1) is 5.69 Å². The normalized spacial score (nSPS) is 11.5. The summed E-state index contributed by atoms with van der Waals surface area (Å²) >= 11 is 1.38. The Hall–Kier alpha value is -2.67. The maximum atomic E-state index is 12.0. The van der Waals surface area contributed by atoms with Crippen molar-refractivity contribution in [3.8, 4) is 5.75 Å². The van der Waals surface area contributed by atoms with E-state index in [1.54, 1.807) is 24.3 Å². The lowest BCUT2D eigenvalue weighted by atomic mass is 9.93. The topological polar surface area (TPSA) is 81.4 Å². The van der Waals surface area contributed by atoms with E-state index in [4.69, 9.17) is 9.15 Å². The smallest absolute Gasteiger partial charge is 0.336 e. The van der Waals surface area contributed by atoms with Gasteiger partial charge in [-0.3, -0.25) is 10.1 Å². The molecular weight excluding hydrogens is 340 g/mol. The first kappa shape index (κ1) is 17.2. The van der Waals surface area contributed by atoms with Crippen molar-refractivity contribution in [3.05, 3.63) is 51.8 Å². The number of thiazole rings is 1. The highest BCUT2D eigenvalue weighted by molar-refractivity contribution is 7.13. The van der Waals surface area contributed by atoms with Gasteiger partial charge in [-0.25, -0.2) is 9.78 Å². The molecule has 0 radical (unpaired) electrons. The Labute approximate surface area is 148 Å². The molecule has 0 spiro atoms. The molecule has 7 heteroatoms. The van der Waals surface area contributed by atoms with Gasteiger partial charge >= 0.3 is 5.63 Å². The number of hydrogen-bond acceptors (Lipinski definition) is 6. The molecule has 25 heavy (non-hydrogen) atoms. The van der Waals surface area contributed by atoms with E-state index in [2.05, 4.69) is 31.1 Å². The van der Waals surface area contributed by atoms with Crippen molar-refractivity contribution in [3.63, 3.8) is 0 Å². The number of ether oxygens (including phenoxy) is 1. The molecule has 0 saturated heterocycles. The van der Waals surface area contributed by atoms with E-state index >= 15 is 0 Å². The van der Waals surface area contributed by atoms with Gasteiger partial charge in [0.15, 0.2) is 11.7 Å². The summed E-state index contributed by atoms with van der Waals surface area (Å²) in [4.78, 5) is 27.7. The summed E-state index contributed by atoms with van der Waals surface area (Å²) in [6.07, 6.45) is 0. The van der Waals surface area contributed by atoms with Crippen molar-refractivity contribution in [2.24, 2.45) is 0 Å². The second kappa shape index (κ2) is 6.68. The number of amides is 1. The van der Waals surface area contributed by atoms with Crippen LogP contribution in [0.15, 0.2) is 44.9 Å². The van der Waals surface area contributed by atoms with Crippen molar-refractivity contribution in [1.29, 1.82) is 0 Å². The zero-order valence-corrected chi connectivity index (χ0v) is 15.0. The summed E-state index contributed by atoms with van der Waals surface area (Å²) in [6.45, 7) is 6.03. The molecule has 3 rings (SSSR count). The molecule has 2 aromatic heterocycles. The molecule has 0 unspecified atom stereocenters. The number of rotatable bonds is 4. The van der Waals surface area contributed by atoms with Gasteiger partial charge in [-0.1, -0.05) is 20.8 Å². The van der Waals surface area contributed by atoms with E-state index in [9.17, 15) is 9.59 Å². The quantitative estimate of drug-likeness (QED) is 0.721. The molecule has 0 aliphatic rings. The fraction of sp³-hybridized carbons (Fsp3) is 0.278. The summed E-state index contributed by atoms with van der Waals surface area (Å²) in [5.41, 5.74) is 0.851. The molecule has 1 N–H and O–H groups in total. The van der Waals surface area contributed by atoms with Crippen molar-refractivity contribution >= 4 is 33.3 Å². The van der Waals surface area contributed by atoms with E-state index in [1.165, 1.54) is 17.4 Å². The molecule has 0 aliphatic heterocycles. The molecule has 3 aromatic rings. The molecule has 1 amide bonds. The van der Waals surface area contributed by atoms with Crippen LogP contribution in [0.3, 0.4) is 0 Å². The third-order valence-electron chi connectivity index (χ3n) is 3.48. The minimum Gasteiger partial charge on any atom is -0.484 e. The first-order chi connectivity index (χ1) is 11.8. The van der Waals surface area contributed by atoms with Gasteiger partial charge in [0, 0.05) is 28.3 Å². The SMILES string of the molecule is CC(C)(C)c1csc(NC(=O)COc2ccc3ccc(=O)oc3c2)n1. The Bertz CT molecular complexity index is 969. The number of aromatic nitrogens is 1. The van der Waals surface area contributed by atoms with Crippen LogP contribution in [-0.4, -0.2) is 17.5 Å². The van der Waals surface area contributed by atoms with Crippen LogP contribution >= 0.6 is 11.3 Å². The van der Waals surface area contributed by atoms with E-state index in [0.717, 1.165) is 11.1 Å². The molecular formula is C18H18N2O4S. The average Bonchev–Trinajstić information content (AvgIpc) is 3.01. The Kier molecular flexibility index (Phi) is 4.59. The second-order valence-corrected chi connectivity index (χ2v) is 7.44. The highest BCUT2D eigenvalue weighted by atomic mass is 32.1. The van der Waals surface area contributed by atoms with Crippen LogP contribution in [-0.2, 0) is 10.2 Å². The molecule has 0 saturated carbocycles. The molecule has 6 nitrogen and oxygen atoms in total. The van der Waals surface area contributed by atoms with Crippen LogP contribution < -0.4 is 15.7 Å². The van der Waals surface area contributed by atoms with E-state index in [1.807, 2.05) is 5.38 Å². The lowest BCUT2D eigenvalue weighted by molar-refractivity contribution is -0.118. The number of fused-ring (bicyclic) bond motifs is 1. The van der Waals surface area contributed by atoms with E-state index in [0.29, 0.717) is 16.5 Å². The van der Waals surface area contributed by atoms with Gasteiger partial charge in [0.2, 0.25) is 0 Å². The zero-order chi connectivity index (χ0) is 18.0. The van der Waals surface area contributed by atoms with Gasteiger partial charge in [0.1, 0.15) is 11.3 Å². The molecule has 0 fully saturated rings. The molecule has 130 valence electrons. The van der Waals surface area contributed by atoms with Crippen molar-refractivity contribution in [2.75, 3.05) is 11.9 Å². The predicted octanol–water partition coefficient (Wildman–Crippen LogP) is 3.56. The predicted molar refractivity (Wildman–Crippen MR) is 97.4 cm³/mol. The first-order valence-electron chi connectivity index (χ1n) is 7.74. The summed E-state index contributed by atoms with van der Waals surface area (Å²) in [5, 5.41) is 5.98. The second-order valence-electron chi connectivity index (χ2n) is 6.58. The highest BCUT2D eigenvalue weighted by Crippen LogP contribution is 2.26. The Morgan fingerprint density at radius 2 is 2.04 bits per heavy atom. The summed E-state index contributed by atoms with van der Waals surface area (Å²) in [5.74, 6) is 0.149. The van der Waals surface area contributed by atoms with Crippen LogP contribution in [0.5, 0.6) is 5.75 Å². The van der Waals surface area contributed by atoms with Gasteiger partial charge in [-0.05, 0) is 18.2 Å². The first-order valence-corrected chi connectivity index (χ1v) is 8.62. The Morgan fingerprint density at radius 3 is 2.76 bits per heavy atom. The minimum absolute atomic E-state index is 0.0645. The lowest BCUT2D eigenvalue weighted by Gasteiger charge is -2.14. The monoisotopic (exact) mass is 358 g/mol. The fourth-order valence-corrected chi connectivity index (χ4v) is 3.06. The fourth-order valence-electron chi connectivity index (χ4n) is 2.11. The number of anilines is 1. The van der Waals surface area contributed by atoms with Crippen LogP contribution in [0.4, 0.5) is 5.13 Å². The number of nitrogens with zero attached hydrogens (tertiary/aromatic N) is 1. The third-order valence-corrected chi connectivity index (χ3v) is 4.24. The highest BCUT2D eigenvalue weighted by Gasteiger charge is 2.18. The molecule has 0 atom stereocenters. The minimum atomic E-state index is -0.430. The van der Waals surface area contributed by atoms with Crippen LogP contribution in [0.2, 0.25) is 0 Å². The van der Waals surface area contributed by atoms with Gasteiger partial charge in [0.25, 0.3) is 5.91 Å². The number of carbonyl (C=O) groups excluding carboxylic acids is 1. The molecule has 2 heterocycles. The maximum absolute atomic E-state index is 12.0. The third kappa shape index (κ3) is 4.24. The van der Waals surface area contributed by atoms with Crippen molar-refractivity contribution in [1.82, 2.24) is 4.98 Å². The lowest BCUT2D eigenvalue weighted by Crippen LogP contribution is -2.20. The van der Waals surface area contributed by atoms with Crippen molar-refractivity contribution < 1.29 is 13.9 Å². The molecule has 0 bridgehead atoms. The van der Waals surface area contributed by atoms with Gasteiger partial charge < -0.3 is 9.15 Å². The van der Waals surface area contributed by atoms with Crippen LogP contribution in [0, 0.1) is 0 Å². The molecule has 0 aliphatic carbocycles. The Balaban J connectivity index is 1.62. The van der Waals surface area contributed by atoms with Crippen LogP contribution in [0.25, 0.3) is 11.0 Å². The van der Waals surface area contributed by atoms with Gasteiger partial charge in [-0.2, -0.15) is 0 Å². The number of carbonyl (C=O) groups is 1. The van der Waals surface area contributed by atoms with E-state index in [-0.39, 0.29) is 17.9 Å². The summed E-state index contributed by atoms with van der Waals surface area (Å²) < 4.78 is 10.6. The van der Waals surface area contributed by atoms with E-state index < -0.39 is 5.63 Å². The number of benzene rings is 1. The Morgan fingerprint density at radius 1 is 1.28 bits per heavy atom. The van der Waals surface area contributed by atoms with Crippen LogP contribution in [0.1, 0.15) is 26.5 Å². The number of hydrogen-bond donors (Lipinski definition) is 1. The number of nitrogens with one attached hydrogen (secondary N) is 1. The van der Waals surface area contributed by atoms with Gasteiger partial charge in [-0.15, -0.1) is 11.3 Å². The summed E-state index contributed by atoms with van der Waals surface area (Å²) in [6, 6.07) is 8.10. The standard InChI is InChI=1S/C18H18N2O4S/c1-18(2,3)14-10-25-17(19-14)20-15(21)9-23-12-6-4-11-5-7-16(22)24-13(11)8-12/h4-8,10H,9H2,1-3H3,(H,19,20,21). The average molecular weight is 358 g/mol. The zero-order valence-electron chi connectivity index (χ0n) is 14.2. The maximum Gasteiger partial charge on any atom is 0.336 e.